The van der Waals surface area contributed by atoms with E-state index in [9.17, 15) is 14.4 Å². The Morgan fingerprint density at radius 2 is 0.309 bits per heavy atom. The first-order valence-corrected chi connectivity index (χ1v) is 48.7. The maximum absolute atomic E-state index is 10.9. The Balaban J connectivity index is -0.000000334. The van der Waals surface area contributed by atoms with E-state index < -0.39 is 28.7 Å². The highest BCUT2D eigenvalue weighted by atomic mass is 16.5. The summed E-state index contributed by atoms with van der Waals surface area (Å²) < 4.78 is 33.7. The molecule has 0 aromatic rings. The van der Waals surface area contributed by atoms with Crippen LogP contribution in [0.15, 0.2) is 0 Å². The van der Waals surface area contributed by atoms with Crippen LogP contribution < -0.4 is 0 Å². The summed E-state index contributed by atoms with van der Waals surface area (Å²) in [5, 5.41) is 108. The molecule has 0 aliphatic rings. The second-order valence-corrected chi connectivity index (χ2v) is 44.8. The van der Waals surface area contributed by atoms with Crippen LogP contribution in [0.25, 0.3) is 0 Å². The number of ether oxygens (including phenoxy) is 6. The Labute approximate surface area is 757 Å². The number of carbonyl (C=O) groups is 3. The third-order valence-corrected chi connectivity index (χ3v) is 24.0. The molecule has 21 nitrogen and oxygen atoms in total. The highest BCUT2D eigenvalue weighted by molar-refractivity contribution is 5.73. The van der Waals surface area contributed by atoms with Crippen LogP contribution in [-0.4, -0.2) is 218 Å². The topological polar surface area (TPSA) is 349 Å². The number of aliphatic hydroxyl groups excluding tert-OH is 9. The second kappa shape index (κ2) is 77.4. The number of carboxylic acid groups (broad SMARTS) is 3. The number of unbranched alkanes of at least 4 members (excludes halogenated alkanes) is 12. The molecule has 0 aliphatic carbocycles. The predicted octanol–water partition coefficient (Wildman–Crippen LogP) is 22.9. The lowest BCUT2D eigenvalue weighted by Crippen LogP contribution is -2.23. The minimum absolute atomic E-state index is 0.0163. The molecule has 12 N–H and O–H groups in total. The number of aliphatic hydroxyl groups is 9. The van der Waals surface area contributed by atoms with Gasteiger partial charge in [0, 0.05) is 139 Å². The van der Waals surface area contributed by atoms with Gasteiger partial charge in [-0.3, -0.25) is 14.4 Å². The van der Waals surface area contributed by atoms with Crippen molar-refractivity contribution in [1.82, 2.24) is 0 Å². The molecule has 0 amide bonds. The van der Waals surface area contributed by atoms with Crippen LogP contribution in [0.5, 0.6) is 0 Å². The summed E-state index contributed by atoms with van der Waals surface area (Å²) in [6.07, 6.45) is 42.4. The van der Waals surface area contributed by atoms with Crippen molar-refractivity contribution in [2.75, 3.05) is 139 Å². The minimum atomic E-state index is -0.732. The molecule has 0 saturated heterocycles. The highest BCUT2D eigenvalue weighted by Crippen LogP contribution is 2.34. The molecule has 0 radical (unpaired) electrons. The quantitative estimate of drug-likeness (QED) is 0.0252. The van der Waals surface area contributed by atoms with Crippen molar-refractivity contribution in [3.05, 3.63) is 0 Å². The molecule has 0 unspecified atom stereocenters. The van der Waals surface area contributed by atoms with Crippen molar-refractivity contribution in [3.8, 4) is 0 Å². The molecule has 0 bridgehead atoms. The molecule has 0 rings (SSSR count). The fourth-order valence-corrected chi connectivity index (χ4v) is 13.4. The van der Waals surface area contributed by atoms with Crippen LogP contribution in [0.1, 0.15) is 436 Å². The first-order valence-electron chi connectivity index (χ1n) is 48.7. The minimum Gasteiger partial charge on any atom is -0.481 e. The lowest BCUT2D eigenvalue weighted by atomic mass is 9.84. The van der Waals surface area contributed by atoms with Crippen molar-refractivity contribution in [3.63, 3.8) is 0 Å². The van der Waals surface area contributed by atoms with Gasteiger partial charge in [0.2, 0.25) is 0 Å². The van der Waals surface area contributed by atoms with Crippen molar-refractivity contribution in [1.29, 1.82) is 0 Å². The Morgan fingerprint density at radius 1 is 0.179 bits per heavy atom. The maximum atomic E-state index is 10.9. The van der Waals surface area contributed by atoms with E-state index in [1.165, 1.54) is 19.3 Å². The normalized spacial score (nSPS) is 12.8. The summed E-state index contributed by atoms with van der Waals surface area (Å²) in [5.74, 6) is -2.18. The first-order chi connectivity index (χ1) is 57.1. The van der Waals surface area contributed by atoms with Gasteiger partial charge in [-0.2, -0.15) is 0 Å². The molecule has 0 atom stereocenters. The SMILES string of the molecule is CC(C)(CCO)CCCCOCCCCC(C)(C)C(=O)O.CC(C)(CCO)CCCCOCCCCC(C)(C)CC(=O)O.CC(C)(CCO)CCCCOCCCCC(C)(C)CCO.CC(C)(CO)CCCCOCCCCC(C)(C)C(=O)O.CC(C)(CO)CCCCOCCCCC(C)(C)CCO.CC(C)(CO)CCCCOCCCCC(C)(C)CO. The van der Waals surface area contributed by atoms with Gasteiger partial charge in [0.25, 0.3) is 0 Å². The number of aliphatic carboxylic acids is 3. The molecular weight excluding hydrogens is 1560 g/mol. The number of rotatable bonds is 78. The van der Waals surface area contributed by atoms with E-state index in [4.69, 9.17) is 89.7 Å². The van der Waals surface area contributed by atoms with E-state index >= 15 is 0 Å². The number of hydrogen-bond acceptors (Lipinski definition) is 18. The summed E-state index contributed by atoms with van der Waals surface area (Å²) in [4.78, 5) is 32.6. The van der Waals surface area contributed by atoms with Gasteiger partial charge in [0.1, 0.15) is 0 Å². The number of hydrogen-bond donors (Lipinski definition) is 12. The molecule has 0 spiro atoms. The summed E-state index contributed by atoms with van der Waals surface area (Å²) in [6.45, 7) is 61.8. The molecule has 0 saturated carbocycles. The summed E-state index contributed by atoms with van der Waals surface area (Å²) in [7, 11) is 0. The Morgan fingerprint density at radius 3 is 0.431 bits per heavy atom. The molecule has 123 heavy (non-hydrogen) atoms. The second-order valence-electron chi connectivity index (χ2n) is 44.8. The van der Waals surface area contributed by atoms with Crippen LogP contribution in [0.4, 0.5) is 0 Å². The fraction of sp³-hybridized carbons (Fsp3) is 0.971. The summed E-state index contributed by atoms with van der Waals surface area (Å²) >= 11 is 0. The van der Waals surface area contributed by atoms with Crippen LogP contribution in [0, 0.1) is 65.0 Å². The van der Waals surface area contributed by atoms with Crippen LogP contribution in [0.2, 0.25) is 0 Å². The van der Waals surface area contributed by atoms with Gasteiger partial charge < -0.3 is 89.7 Å². The van der Waals surface area contributed by atoms with Gasteiger partial charge >= 0.3 is 17.9 Å². The first kappa shape index (κ1) is 132. The van der Waals surface area contributed by atoms with Crippen LogP contribution in [0.3, 0.4) is 0 Å². The largest absolute Gasteiger partial charge is 0.481 e. The zero-order valence-corrected chi connectivity index (χ0v) is 85.1. The third-order valence-electron chi connectivity index (χ3n) is 24.0. The molecule has 0 aromatic heterocycles. The lowest BCUT2D eigenvalue weighted by molar-refractivity contribution is -0.148. The maximum Gasteiger partial charge on any atom is 0.309 e. The van der Waals surface area contributed by atoms with E-state index in [-0.39, 0.29) is 120 Å². The molecule has 0 aliphatic heterocycles. The van der Waals surface area contributed by atoms with Crippen LogP contribution in [-0.2, 0) is 42.8 Å². The summed E-state index contributed by atoms with van der Waals surface area (Å²) in [6, 6.07) is 0. The molecule has 744 valence electrons. The molecule has 0 fully saturated rings. The van der Waals surface area contributed by atoms with Crippen molar-refractivity contribution >= 4 is 17.9 Å². The zero-order valence-electron chi connectivity index (χ0n) is 85.1. The standard InChI is InChI=1S/C18H36O4.C18H38O3.C17H34O4.C17H36O3.C16H32O4.C16H34O3/c1-17(2,11-12-19)9-5-7-13-22-14-8-6-10-18(3,4)15-16(20)21;1-17(2,11-13-19)9-5-7-15-21-16-8-6-10-18(3,4)12-14-20;1-16(2,11-12-18)9-5-7-13-21-14-8-6-10-17(3,4)15(19)20;1-16(2,11-12-18)9-5-7-13-20-14-8-6-10-17(3,4)15-19;1-15(2,13-17)9-5-7-11-20-12-8-6-10-16(3,4)14(18)19;1-15(2,13-17)9-5-7-11-19-12-8-6-10-16(3,4)14-18/h19H,5-15H2,1-4H3,(H,20,21);19-20H,5-16H2,1-4H3;18H,5-14H2,1-4H3,(H,19,20);18-19H,5-15H2,1-4H3;17H,5-13H2,1-4H3,(H,18,19);17-18H,5-14H2,1-4H3. The average molecular weight is 1770 g/mol. The Bertz CT molecular complexity index is 2300. The Hall–Kier alpha value is -2.19. The fourth-order valence-electron chi connectivity index (χ4n) is 13.4. The van der Waals surface area contributed by atoms with E-state index in [1.54, 1.807) is 27.7 Å². The van der Waals surface area contributed by atoms with Crippen molar-refractivity contribution in [2.45, 2.75) is 436 Å². The zero-order chi connectivity index (χ0) is 95.5. The summed E-state index contributed by atoms with van der Waals surface area (Å²) in [5.41, 5.74) is 0.0110. The van der Waals surface area contributed by atoms with Gasteiger partial charge in [-0.25, -0.2) is 0 Å². The monoisotopic (exact) mass is 1770 g/mol. The average Bonchev–Trinajstić information content (AvgIpc) is 0.931. The van der Waals surface area contributed by atoms with Gasteiger partial charge in [-0.05, 0) is 268 Å². The van der Waals surface area contributed by atoms with E-state index in [2.05, 4.69) is 125 Å². The van der Waals surface area contributed by atoms with Crippen LogP contribution >= 0.6 is 0 Å². The smallest absolute Gasteiger partial charge is 0.309 e. The highest BCUT2D eigenvalue weighted by Gasteiger charge is 2.29. The third kappa shape index (κ3) is 97.2. The number of carboxylic acids is 3. The van der Waals surface area contributed by atoms with Crippen molar-refractivity contribution in [2.24, 2.45) is 65.0 Å². The lowest BCUT2D eigenvalue weighted by Gasteiger charge is -2.23. The molecule has 0 aromatic carbocycles. The van der Waals surface area contributed by atoms with E-state index in [0.717, 1.165) is 304 Å². The van der Waals surface area contributed by atoms with E-state index in [0.29, 0.717) is 19.4 Å². The Kier molecular flexibility index (Phi) is 82.8. The molecule has 21 heteroatoms. The molecular formula is C102H210O21. The van der Waals surface area contributed by atoms with Gasteiger partial charge in [0.15, 0.2) is 0 Å². The van der Waals surface area contributed by atoms with E-state index in [1.807, 2.05) is 13.8 Å². The van der Waals surface area contributed by atoms with Crippen molar-refractivity contribution < 1.29 is 104 Å². The van der Waals surface area contributed by atoms with Gasteiger partial charge in [-0.1, -0.05) is 216 Å². The van der Waals surface area contributed by atoms with Gasteiger partial charge in [0.05, 0.1) is 17.3 Å². The van der Waals surface area contributed by atoms with Gasteiger partial charge in [-0.15, -0.1) is 0 Å². The molecule has 0 heterocycles. The predicted molar refractivity (Wildman–Crippen MR) is 511 cm³/mol.